The summed E-state index contributed by atoms with van der Waals surface area (Å²) in [5, 5.41) is 0. The zero-order valence-corrected chi connectivity index (χ0v) is 8.85. The van der Waals surface area contributed by atoms with Gasteiger partial charge in [0.1, 0.15) is 12.4 Å². The van der Waals surface area contributed by atoms with Crippen LogP contribution in [0.4, 0.5) is 0 Å². The van der Waals surface area contributed by atoms with Crippen LogP contribution in [0.3, 0.4) is 0 Å². The fourth-order valence-corrected chi connectivity index (χ4v) is 1.91. The summed E-state index contributed by atoms with van der Waals surface area (Å²) in [5.41, 5.74) is 0. The van der Waals surface area contributed by atoms with Crippen LogP contribution in [0.2, 0.25) is 4.47 Å². The van der Waals surface area contributed by atoms with Gasteiger partial charge in [-0.25, -0.2) is 4.98 Å². The number of rotatable bonds is 4. The van der Waals surface area contributed by atoms with E-state index < -0.39 is 0 Å². The van der Waals surface area contributed by atoms with Crippen molar-refractivity contribution in [2.24, 2.45) is 0 Å². The van der Waals surface area contributed by atoms with Gasteiger partial charge in [-0.3, -0.25) is 0 Å². The number of hydrogen-bond acceptors (Lipinski definition) is 4. The third-order valence-corrected chi connectivity index (χ3v) is 2.68. The van der Waals surface area contributed by atoms with Gasteiger partial charge in [0, 0.05) is 6.20 Å². The standard InChI is InChI=1S/C9H8ClNO2S/c10-9-11-4-8(14-9)6-12-5-7-2-1-3-13-7/h1-4H,5-6H2. The monoisotopic (exact) mass is 229 g/mol. The first kappa shape index (κ1) is 9.71. The molecule has 0 fully saturated rings. The van der Waals surface area contributed by atoms with E-state index in [1.165, 1.54) is 11.3 Å². The van der Waals surface area contributed by atoms with Crippen LogP contribution >= 0.6 is 22.9 Å². The molecule has 0 unspecified atom stereocenters. The van der Waals surface area contributed by atoms with Gasteiger partial charge in [-0.1, -0.05) is 11.6 Å². The largest absolute Gasteiger partial charge is 0.467 e. The van der Waals surface area contributed by atoms with Crippen LogP contribution in [0, 0.1) is 0 Å². The molecule has 0 aliphatic rings. The predicted octanol–water partition coefficient (Wildman–Crippen LogP) is 3.11. The summed E-state index contributed by atoms with van der Waals surface area (Å²) >= 11 is 7.10. The molecule has 0 radical (unpaired) electrons. The normalized spacial score (nSPS) is 10.6. The lowest BCUT2D eigenvalue weighted by atomic mass is 10.5. The van der Waals surface area contributed by atoms with Crippen molar-refractivity contribution < 1.29 is 9.15 Å². The second-order valence-corrected chi connectivity index (χ2v) is 4.35. The van der Waals surface area contributed by atoms with Gasteiger partial charge in [-0.05, 0) is 12.1 Å². The van der Waals surface area contributed by atoms with E-state index in [4.69, 9.17) is 20.8 Å². The average Bonchev–Trinajstić information content (AvgIpc) is 2.77. The maximum absolute atomic E-state index is 5.67. The molecule has 74 valence electrons. The Hall–Kier alpha value is -0.840. The molecule has 0 saturated carbocycles. The number of thiazole rings is 1. The molecule has 0 aromatic carbocycles. The van der Waals surface area contributed by atoms with E-state index >= 15 is 0 Å². The summed E-state index contributed by atoms with van der Waals surface area (Å²) < 4.78 is 11.1. The fourth-order valence-electron chi connectivity index (χ4n) is 0.997. The van der Waals surface area contributed by atoms with Crippen molar-refractivity contribution >= 4 is 22.9 Å². The van der Waals surface area contributed by atoms with E-state index in [2.05, 4.69) is 4.98 Å². The van der Waals surface area contributed by atoms with E-state index in [-0.39, 0.29) is 0 Å². The number of aromatic nitrogens is 1. The molecule has 0 amide bonds. The van der Waals surface area contributed by atoms with Crippen LogP contribution in [0.25, 0.3) is 0 Å². The molecule has 2 heterocycles. The highest BCUT2D eigenvalue weighted by molar-refractivity contribution is 7.15. The first-order valence-corrected chi connectivity index (χ1v) is 5.24. The number of ether oxygens (including phenoxy) is 1. The third-order valence-electron chi connectivity index (χ3n) is 1.59. The zero-order chi connectivity index (χ0) is 9.80. The molecule has 2 aromatic heterocycles. The lowest BCUT2D eigenvalue weighted by molar-refractivity contribution is 0.0947. The summed E-state index contributed by atoms with van der Waals surface area (Å²) in [7, 11) is 0. The molecular weight excluding hydrogens is 222 g/mol. The van der Waals surface area contributed by atoms with Crippen molar-refractivity contribution in [3.05, 3.63) is 39.7 Å². The minimum absolute atomic E-state index is 0.475. The van der Waals surface area contributed by atoms with Crippen molar-refractivity contribution in [3.63, 3.8) is 0 Å². The smallest absolute Gasteiger partial charge is 0.183 e. The third kappa shape index (κ3) is 2.57. The average molecular weight is 230 g/mol. The Morgan fingerprint density at radius 1 is 1.50 bits per heavy atom. The van der Waals surface area contributed by atoms with E-state index in [1.807, 2.05) is 12.1 Å². The Morgan fingerprint density at radius 3 is 3.07 bits per heavy atom. The molecule has 0 spiro atoms. The summed E-state index contributed by atoms with van der Waals surface area (Å²) in [6.07, 6.45) is 3.34. The van der Waals surface area contributed by atoms with Crippen molar-refractivity contribution in [1.29, 1.82) is 0 Å². The van der Waals surface area contributed by atoms with Gasteiger partial charge in [0.25, 0.3) is 0 Å². The maximum atomic E-state index is 5.67. The molecule has 3 nitrogen and oxygen atoms in total. The molecule has 0 bridgehead atoms. The summed E-state index contributed by atoms with van der Waals surface area (Å²) in [4.78, 5) is 4.93. The molecule has 0 N–H and O–H groups in total. The van der Waals surface area contributed by atoms with Crippen LogP contribution in [-0.2, 0) is 18.0 Å². The van der Waals surface area contributed by atoms with Crippen LogP contribution < -0.4 is 0 Å². The topological polar surface area (TPSA) is 35.3 Å². The van der Waals surface area contributed by atoms with Crippen LogP contribution in [0.5, 0.6) is 0 Å². The quantitative estimate of drug-likeness (QED) is 0.808. The van der Waals surface area contributed by atoms with Crippen molar-refractivity contribution in [2.75, 3.05) is 0 Å². The molecule has 0 atom stereocenters. The Labute approximate surface area is 90.3 Å². The van der Waals surface area contributed by atoms with Gasteiger partial charge in [0.2, 0.25) is 0 Å². The molecule has 0 aliphatic heterocycles. The summed E-state index contributed by atoms with van der Waals surface area (Å²) in [5.74, 6) is 0.820. The highest BCUT2D eigenvalue weighted by Crippen LogP contribution is 2.18. The highest BCUT2D eigenvalue weighted by Gasteiger charge is 2.00. The van der Waals surface area contributed by atoms with Gasteiger partial charge in [0.05, 0.1) is 17.7 Å². The predicted molar refractivity (Wildman–Crippen MR) is 54.3 cm³/mol. The number of nitrogens with zero attached hydrogens (tertiary/aromatic N) is 1. The van der Waals surface area contributed by atoms with Gasteiger partial charge < -0.3 is 9.15 Å². The molecular formula is C9H8ClNO2S. The van der Waals surface area contributed by atoms with Crippen molar-refractivity contribution in [2.45, 2.75) is 13.2 Å². The second kappa shape index (κ2) is 4.59. The van der Waals surface area contributed by atoms with Crippen molar-refractivity contribution in [3.8, 4) is 0 Å². The molecule has 0 aliphatic carbocycles. The summed E-state index contributed by atoms with van der Waals surface area (Å²) in [6.45, 7) is 0.994. The van der Waals surface area contributed by atoms with E-state index in [0.29, 0.717) is 17.7 Å². The van der Waals surface area contributed by atoms with Gasteiger partial charge in [-0.2, -0.15) is 0 Å². The molecule has 14 heavy (non-hydrogen) atoms. The van der Waals surface area contributed by atoms with E-state index in [0.717, 1.165) is 10.6 Å². The second-order valence-electron chi connectivity index (χ2n) is 2.65. The Bertz CT molecular complexity index is 385. The molecule has 2 aromatic rings. The lowest BCUT2D eigenvalue weighted by Crippen LogP contribution is -1.90. The lowest BCUT2D eigenvalue weighted by Gasteiger charge is -1.97. The first-order valence-electron chi connectivity index (χ1n) is 4.05. The Balaban J connectivity index is 1.78. The Morgan fingerprint density at radius 2 is 2.43 bits per heavy atom. The number of halogens is 1. The zero-order valence-electron chi connectivity index (χ0n) is 7.27. The van der Waals surface area contributed by atoms with E-state index in [9.17, 15) is 0 Å². The summed E-state index contributed by atoms with van der Waals surface area (Å²) in [6, 6.07) is 3.71. The minimum atomic E-state index is 0.475. The van der Waals surface area contributed by atoms with Crippen LogP contribution in [0.1, 0.15) is 10.6 Å². The van der Waals surface area contributed by atoms with Gasteiger partial charge >= 0.3 is 0 Å². The first-order chi connectivity index (χ1) is 6.84. The fraction of sp³-hybridized carbons (Fsp3) is 0.222. The van der Waals surface area contributed by atoms with Crippen molar-refractivity contribution in [1.82, 2.24) is 4.98 Å². The highest BCUT2D eigenvalue weighted by atomic mass is 35.5. The number of furan rings is 1. The van der Waals surface area contributed by atoms with Crippen LogP contribution in [-0.4, -0.2) is 4.98 Å². The van der Waals surface area contributed by atoms with Gasteiger partial charge in [-0.15, -0.1) is 11.3 Å². The number of hydrogen-bond donors (Lipinski definition) is 0. The minimum Gasteiger partial charge on any atom is -0.467 e. The maximum Gasteiger partial charge on any atom is 0.183 e. The van der Waals surface area contributed by atoms with Gasteiger partial charge in [0.15, 0.2) is 4.47 Å². The molecule has 0 saturated heterocycles. The Kier molecular flexibility index (Phi) is 3.18. The molecule has 2 rings (SSSR count). The SMILES string of the molecule is Clc1ncc(COCc2ccco2)s1. The van der Waals surface area contributed by atoms with E-state index in [1.54, 1.807) is 12.5 Å². The molecule has 5 heteroatoms. The van der Waals surface area contributed by atoms with Crippen LogP contribution in [0.15, 0.2) is 29.0 Å².